The molecule has 0 aliphatic rings. The Bertz CT molecular complexity index is 351. The third kappa shape index (κ3) is 2.23. The Morgan fingerprint density at radius 2 is 2.54 bits per heavy atom. The summed E-state index contributed by atoms with van der Waals surface area (Å²) in [7, 11) is 1.83. The molecule has 0 fully saturated rings. The third-order valence-corrected chi connectivity index (χ3v) is 2.47. The van der Waals surface area contributed by atoms with E-state index in [2.05, 4.69) is 5.92 Å². The van der Waals surface area contributed by atoms with Crippen molar-refractivity contribution in [1.82, 2.24) is 0 Å². The highest BCUT2D eigenvalue weighted by atomic mass is 32.1. The summed E-state index contributed by atoms with van der Waals surface area (Å²) in [5.41, 5.74) is 0.848. The van der Waals surface area contributed by atoms with E-state index >= 15 is 0 Å². The number of anilines is 1. The number of carbonyl (C=O) groups is 1. The zero-order chi connectivity index (χ0) is 9.84. The summed E-state index contributed by atoms with van der Waals surface area (Å²) >= 11 is 1.20. The molecule has 0 bridgehead atoms. The van der Waals surface area contributed by atoms with Gasteiger partial charge in [-0.1, -0.05) is 5.92 Å². The van der Waals surface area contributed by atoms with Crippen LogP contribution in [-0.2, 0) is 0 Å². The quantitative estimate of drug-likeness (QED) is 0.743. The number of thiophene rings is 1. The monoisotopic (exact) mass is 195 g/mol. The molecule has 0 saturated carbocycles. The molecule has 0 saturated heterocycles. The predicted molar refractivity (Wildman–Crippen MR) is 53.4 cm³/mol. The van der Waals surface area contributed by atoms with Crippen LogP contribution in [0.2, 0.25) is 0 Å². The van der Waals surface area contributed by atoms with E-state index in [-0.39, 0.29) is 0 Å². The highest BCUT2D eigenvalue weighted by Gasteiger charge is 2.08. The number of carboxylic acids is 1. The van der Waals surface area contributed by atoms with Gasteiger partial charge in [0.2, 0.25) is 0 Å². The van der Waals surface area contributed by atoms with E-state index in [4.69, 9.17) is 11.5 Å². The SMILES string of the molecule is C#CCN(C)c1csc(C(=O)O)c1. The van der Waals surface area contributed by atoms with Gasteiger partial charge in [0.25, 0.3) is 0 Å². The lowest BCUT2D eigenvalue weighted by Gasteiger charge is -2.12. The van der Waals surface area contributed by atoms with Crippen molar-refractivity contribution in [3.63, 3.8) is 0 Å². The summed E-state index contributed by atoms with van der Waals surface area (Å²) in [6.07, 6.45) is 5.13. The Balaban J connectivity index is 2.80. The second-order valence-electron chi connectivity index (χ2n) is 2.53. The van der Waals surface area contributed by atoms with Gasteiger partial charge in [-0.2, -0.15) is 0 Å². The molecular weight excluding hydrogens is 186 g/mol. The lowest BCUT2D eigenvalue weighted by Crippen LogP contribution is -2.15. The van der Waals surface area contributed by atoms with Crippen LogP contribution in [0.5, 0.6) is 0 Å². The zero-order valence-corrected chi connectivity index (χ0v) is 7.97. The van der Waals surface area contributed by atoms with Gasteiger partial charge in [-0.15, -0.1) is 17.8 Å². The number of nitrogens with zero attached hydrogens (tertiary/aromatic N) is 1. The minimum atomic E-state index is -0.898. The van der Waals surface area contributed by atoms with Crippen LogP contribution in [-0.4, -0.2) is 24.7 Å². The fourth-order valence-electron chi connectivity index (χ4n) is 0.867. The largest absolute Gasteiger partial charge is 0.477 e. The van der Waals surface area contributed by atoms with Crippen molar-refractivity contribution in [2.24, 2.45) is 0 Å². The first kappa shape index (κ1) is 9.62. The highest BCUT2D eigenvalue weighted by molar-refractivity contribution is 7.12. The Hall–Kier alpha value is -1.47. The number of hydrogen-bond donors (Lipinski definition) is 1. The smallest absolute Gasteiger partial charge is 0.345 e. The number of terminal acetylenes is 1. The van der Waals surface area contributed by atoms with Crippen LogP contribution < -0.4 is 4.90 Å². The van der Waals surface area contributed by atoms with E-state index in [9.17, 15) is 4.79 Å². The van der Waals surface area contributed by atoms with Gasteiger partial charge < -0.3 is 10.0 Å². The molecule has 0 aliphatic carbocycles. The summed E-state index contributed by atoms with van der Waals surface area (Å²) < 4.78 is 0. The van der Waals surface area contributed by atoms with Gasteiger partial charge in [0.15, 0.2) is 0 Å². The number of hydrogen-bond acceptors (Lipinski definition) is 3. The zero-order valence-electron chi connectivity index (χ0n) is 7.15. The minimum absolute atomic E-state index is 0.332. The number of carboxylic acid groups (broad SMARTS) is 1. The number of aromatic carboxylic acids is 1. The molecule has 0 unspecified atom stereocenters. The highest BCUT2D eigenvalue weighted by Crippen LogP contribution is 2.21. The molecule has 0 spiro atoms. The molecule has 13 heavy (non-hydrogen) atoms. The van der Waals surface area contributed by atoms with Gasteiger partial charge in [0.05, 0.1) is 6.54 Å². The lowest BCUT2D eigenvalue weighted by molar-refractivity contribution is 0.0702. The molecule has 3 nitrogen and oxygen atoms in total. The van der Waals surface area contributed by atoms with Crippen LogP contribution in [0.4, 0.5) is 5.69 Å². The molecule has 0 radical (unpaired) electrons. The van der Waals surface area contributed by atoms with E-state index in [0.29, 0.717) is 11.4 Å². The molecule has 0 aromatic carbocycles. The van der Waals surface area contributed by atoms with Crippen molar-refractivity contribution in [2.75, 3.05) is 18.5 Å². The van der Waals surface area contributed by atoms with E-state index in [1.54, 1.807) is 11.4 Å². The van der Waals surface area contributed by atoms with Gasteiger partial charge in [-0.3, -0.25) is 0 Å². The molecule has 68 valence electrons. The molecule has 1 rings (SSSR count). The summed E-state index contributed by atoms with van der Waals surface area (Å²) in [5.74, 6) is 1.59. The summed E-state index contributed by atoms with van der Waals surface area (Å²) in [5, 5.41) is 10.4. The van der Waals surface area contributed by atoms with E-state index in [1.165, 1.54) is 11.3 Å². The predicted octanol–water partition coefficient (Wildman–Crippen LogP) is 1.52. The van der Waals surface area contributed by atoms with Crippen LogP contribution in [0.3, 0.4) is 0 Å². The second kappa shape index (κ2) is 3.97. The fraction of sp³-hybridized carbons (Fsp3) is 0.222. The standard InChI is InChI=1S/C9H9NO2S/c1-3-4-10(2)7-5-8(9(11)12)13-6-7/h1,5-6H,4H2,2H3,(H,11,12). The molecule has 1 aromatic heterocycles. The second-order valence-corrected chi connectivity index (χ2v) is 3.45. The molecule has 0 aliphatic heterocycles. The Morgan fingerprint density at radius 1 is 1.85 bits per heavy atom. The van der Waals surface area contributed by atoms with Crippen molar-refractivity contribution >= 4 is 23.0 Å². The summed E-state index contributed by atoms with van der Waals surface area (Å²) in [6.45, 7) is 0.482. The summed E-state index contributed by atoms with van der Waals surface area (Å²) in [4.78, 5) is 12.7. The average molecular weight is 195 g/mol. The first-order valence-electron chi connectivity index (χ1n) is 3.61. The van der Waals surface area contributed by atoms with Crippen LogP contribution in [0.1, 0.15) is 9.67 Å². The van der Waals surface area contributed by atoms with Crippen molar-refractivity contribution in [1.29, 1.82) is 0 Å². The average Bonchev–Trinajstić information content (AvgIpc) is 2.52. The lowest BCUT2D eigenvalue weighted by atomic mass is 10.4. The van der Waals surface area contributed by atoms with Crippen LogP contribution in [0.15, 0.2) is 11.4 Å². The van der Waals surface area contributed by atoms with Gasteiger partial charge in [-0.25, -0.2) is 4.79 Å². The molecule has 1 heterocycles. The summed E-state index contributed by atoms with van der Waals surface area (Å²) in [6, 6.07) is 1.62. The van der Waals surface area contributed by atoms with Crippen LogP contribution in [0, 0.1) is 12.3 Å². The Kier molecular flexibility index (Phi) is 2.93. The maximum atomic E-state index is 10.5. The van der Waals surface area contributed by atoms with Gasteiger partial charge in [0.1, 0.15) is 4.88 Å². The first-order chi connectivity index (χ1) is 6.15. The minimum Gasteiger partial charge on any atom is -0.477 e. The van der Waals surface area contributed by atoms with Crippen LogP contribution in [0.25, 0.3) is 0 Å². The molecule has 0 atom stereocenters. The normalized spacial score (nSPS) is 9.23. The molecule has 0 amide bonds. The molecule has 1 aromatic rings. The maximum absolute atomic E-state index is 10.5. The van der Waals surface area contributed by atoms with E-state index in [1.807, 2.05) is 11.9 Å². The number of rotatable bonds is 3. The maximum Gasteiger partial charge on any atom is 0.345 e. The fourth-order valence-corrected chi connectivity index (χ4v) is 1.65. The molecule has 1 N–H and O–H groups in total. The van der Waals surface area contributed by atoms with E-state index in [0.717, 1.165) is 5.69 Å². The first-order valence-corrected chi connectivity index (χ1v) is 4.49. The topological polar surface area (TPSA) is 40.5 Å². The third-order valence-electron chi connectivity index (χ3n) is 1.57. The molecular formula is C9H9NO2S. The Morgan fingerprint density at radius 3 is 3.00 bits per heavy atom. The van der Waals surface area contributed by atoms with Crippen molar-refractivity contribution in [3.05, 3.63) is 16.3 Å². The van der Waals surface area contributed by atoms with Crippen LogP contribution >= 0.6 is 11.3 Å². The van der Waals surface area contributed by atoms with Gasteiger partial charge in [0, 0.05) is 18.1 Å². The van der Waals surface area contributed by atoms with Crippen molar-refractivity contribution in [3.8, 4) is 12.3 Å². The van der Waals surface area contributed by atoms with Gasteiger partial charge in [-0.05, 0) is 6.07 Å². The van der Waals surface area contributed by atoms with Crippen molar-refractivity contribution in [2.45, 2.75) is 0 Å². The van der Waals surface area contributed by atoms with Crippen molar-refractivity contribution < 1.29 is 9.90 Å². The molecule has 4 heteroatoms. The van der Waals surface area contributed by atoms with Gasteiger partial charge >= 0.3 is 5.97 Å². The Labute approximate surface area is 80.6 Å². The van der Waals surface area contributed by atoms with E-state index < -0.39 is 5.97 Å².